The molecule has 0 aliphatic rings. The minimum atomic E-state index is -0.455. The van der Waals surface area contributed by atoms with Crippen LogP contribution in [0, 0.1) is 11.8 Å². The van der Waals surface area contributed by atoms with Crippen molar-refractivity contribution >= 4 is 0 Å². The Morgan fingerprint density at radius 2 is 1.73 bits per heavy atom. The fourth-order valence-corrected chi connectivity index (χ4v) is 1.07. The minimum Gasteiger partial charge on any atom is -0.390 e. The van der Waals surface area contributed by atoms with Crippen LogP contribution in [0.25, 0.3) is 0 Å². The fraction of sp³-hybridized carbons (Fsp3) is 1.00. The predicted molar refractivity (Wildman–Crippen MR) is 49.5 cm³/mol. The van der Waals surface area contributed by atoms with Gasteiger partial charge >= 0.3 is 0 Å². The minimum absolute atomic E-state index is 0.455. The largest absolute Gasteiger partial charge is 0.390 e. The highest BCUT2D eigenvalue weighted by molar-refractivity contribution is 4.74. The quantitative estimate of drug-likeness (QED) is 0.667. The highest BCUT2D eigenvalue weighted by atomic mass is 16.3. The van der Waals surface area contributed by atoms with Crippen LogP contribution in [0.3, 0.4) is 0 Å². The summed E-state index contributed by atoms with van der Waals surface area (Å²) in [7, 11) is 0. The van der Waals surface area contributed by atoms with Gasteiger partial charge in [0.25, 0.3) is 0 Å². The third-order valence-corrected chi connectivity index (χ3v) is 2.66. The van der Waals surface area contributed by atoms with Gasteiger partial charge in [-0.3, -0.25) is 0 Å². The zero-order valence-corrected chi connectivity index (χ0v) is 8.52. The molecule has 1 nitrogen and oxygen atoms in total. The van der Waals surface area contributed by atoms with Crippen molar-refractivity contribution in [1.29, 1.82) is 0 Å². The lowest BCUT2D eigenvalue weighted by Crippen LogP contribution is -2.27. The van der Waals surface area contributed by atoms with Crippen molar-refractivity contribution in [2.24, 2.45) is 11.8 Å². The molecule has 0 fully saturated rings. The average molecular weight is 158 g/mol. The van der Waals surface area contributed by atoms with Gasteiger partial charge in [0, 0.05) is 0 Å². The van der Waals surface area contributed by atoms with Crippen LogP contribution < -0.4 is 0 Å². The molecule has 0 saturated carbocycles. The van der Waals surface area contributed by atoms with Crippen molar-refractivity contribution in [3.8, 4) is 0 Å². The van der Waals surface area contributed by atoms with Gasteiger partial charge < -0.3 is 5.11 Å². The topological polar surface area (TPSA) is 20.2 Å². The van der Waals surface area contributed by atoms with E-state index >= 15 is 0 Å². The van der Waals surface area contributed by atoms with Crippen molar-refractivity contribution in [1.82, 2.24) is 0 Å². The van der Waals surface area contributed by atoms with Crippen LogP contribution in [0.15, 0.2) is 0 Å². The molecule has 2 atom stereocenters. The molecule has 0 aromatic heterocycles. The molecule has 68 valence electrons. The van der Waals surface area contributed by atoms with E-state index in [-0.39, 0.29) is 0 Å². The fourth-order valence-electron chi connectivity index (χ4n) is 1.07. The first-order valence-corrected chi connectivity index (χ1v) is 4.61. The number of hydrogen-bond donors (Lipinski definition) is 1. The summed E-state index contributed by atoms with van der Waals surface area (Å²) < 4.78 is 0. The van der Waals surface area contributed by atoms with E-state index in [2.05, 4.69) is 20.8 Å². The van der Waals surface area contributed by atoms with Gasteiger partial charge in [-0.05, 0) is 31.6 Å². The maximum Gasteiger partial charge on any atom is 0.0619 e. The lowest BCUT2D eigenvalue weighted by molar-refractivity contribution is 0.0258. The summed E-state index contributed by atoms with van der Waals surface area (Å²) in [5.74, 6) is 1.29. The Bertz CT molecular complexity index is 105. The number of aliphatic hydroxyl groups is 1. The monoisotopic (exact) mass is 158 g/mol. The second kappa shape index (κ2) is 4.10. The maximum atomic E-state index is 9.74. The summed E-state index contributed by atoms with van der Waals surface area (Å²) >= 11 is 0. The van der Waals surface area contributed by atoms with Gasteiger partial charge in [-0.25, -0.2) is 0 Å². The van der Waals surface area contributed by atoms with E-state index < -0.39 is 5.60 Å². The van der Waals surface area contributed by atoms with Gasteiger partial charge in [0.05, 0.1) is 5.60 Å². The normalized spacial score (nSPS) is 19.9. The average Bonchev–Trinajstić information content (AvgIpc) is 1.87. The Morgan fingerprint density at radius 3 is 2.00 bits per heavy atom. The Labute approximate surface area is 70.8 Å². The van der Waals surface area contributed by atoms with Crippen LogP contribution in [0.1, 0.15) is 47.5 Å². The molecular weight excluding hydrogens is 136 g/mol. The first-order valence-electron chi connectivity index (χ1n) is 4.61. The molecule has 0 rings (SSSR count). The van der Waals surface area contributed by atoms with E-state index in [4.69, 9.17) is 0 Å². The molecule has 0 aromatic rings. The van der Waals surface area contributed by atoms with Crippen LogP contribution >= 0.6 is 0 Å². The smallest absolute Gasteiger partial charge is 0.0619 e. The molecule has 0 aliphatic heterocycles. The second-order valence-corrected chi connectivity index (χ2v) is 4.28. The molecule has 0 bridgehead atoms. The first-order chi connectivity index (χ1) is 4.89. The van der Waals surface area contributed by atoms with E-state index in [1.54, 1.807) is 0 Å². The van der Waals surface area contributed by atoms with E-state index in [0.29, 0.717) is 11.8 Å². The molecule has 0 radical (unpaired) electrons. The van der Waals surface area contributed by atoms with E-state index in [0.717, 1.165) is 12.8 Å². The molecule has 0 aliphatic carbocycles. The molecule has 11 heavy (non-hydrogen) atoms. The van der Waals surface area contributed by atoms with Crippen LogP contribution in [0.5, 0.6) is 0 Å². The van der Waals surface area contributed by atoms with Crippen molar-refractivity contribution in [3.05, 3.63) is 0 Å². The molecule has 0 saturated heterocycles. The zero-order valence-electron chi connectivity index (χ0n) is 8.52. The molecule has 0 heterocycles. The van der Waals surface area contributed by atoms with E-state index in [1.807, 2.05) is 13.8 Å². The predicted octanol–water partition coefficient (Wildman–Crippen LogP) is 2.83. The van der Waals surface area contributed by atoms with Crippen molar-refractivity contribution in [2.75, 3.05) is 0 Å². The van der Waals surface area contributed by atoms with Crippen molar-refractivity contribution in [3.63, 3.8) is 0 Å². The van der Waals surface area contributed by atoms with Gasteiger partial charge in [-0.15, -0.1) is 0 Å². The Balaban J connectivity index is 3.83. The standard InChI is InChI=1S/C10H22O/c1-6-10(5,11)7-9(4)8(2)3/h8-9,11H,6-7H2,1-5H3. The second-order valence-electron chi connectivity index (χ2n) is 4.28. The zero-order chi connectivity index (χ0) is 9.07. The summed E-state index contributed by atoms with van der Waals surface area (Å²) in [6, 6.07) is 0. The Morgan fingerprint density at radius 1 is 1.27 bits per heavy atom. The Hall–Kier alpha value is -0.0400. The SMILES string of the molecule is CCC(C)(O)CC(C)C(C)C. The van der Waals surface area contributed by atoms with Gasteiger partial charge in [-0.1, -0.05) is 27.7 Å². The van der Waals surface area contributed by atoms with Gasteiger partial charge in [0.15, 0.2) is 0 Å². The van der Waals surface area contributed by atoms with E-state index in [1.165, 1.54) is 0 Å². The van der Waals surface area contributed by atoms with Crippen LogP contribution in [-0.4, -0.2) is 10.7 Å². The van der Waals surface area contributed by atoms with Gasteiger partial charge in [0.2, 0.25) is 0 Å². The molecule has 0 aromatic carbocycles. The lowest BCUT2D eigenvalue weighted by Gasteiger charge is -2.27. The summed E-state index contributed by atoms with van der Waals surface area (Å²) in [6.07, 6.45) is 1.77. The van der Waals surface area contributed by atoms with E-state index in [9.17, 15) is 5.11 Å². The molecule has 0 spiro atoms. The van der Waals surface area contributed by atoms with Crippen molar-refractivity contribution < 1.29 is 5.11 Å². The summed E-state index contributed by atoms with van der Waals surface area (Å²) in [6.45, 7) is 10.6. The molecular formula is C10H22O. The molecule has 1 N–H and O–H groups in total. The number of hydrogen-bond acceptors (Lipinski definition) is 1. The summed E-state index contributed by atoms with van der Waals surface area (Å²) in [5.41, 5.74) is -0.455. The molecule has 1 heteroatoms. The van der Waals surface area contributed by atoms with Crippen molar-refractivity contribution in [2.45, 2.75) is 53.1 Å². The maximum absolute atomic E-state index is 9.74. The third-order valence-electron chi connectivity index (χ3n) is 2.66. The molecule has 2 unspecified atom stereocenters. The van der Waals surface area contributed by atoms with Crippen LogP contribution in [0.2, 0.25) is 0 Å². The number of rotatable bonds is 4. The Kier molecular flexibility index (Phi) is 4.09. The van der Waals surface area contributed by atoms with Crippen LogP contribution in [-0.2, 0) is 0 Å². The lowest BCUT2D eigenvalue weighted by atomic mass is 9.85. The van der Waals surface area contributed by atoms with Crippen LogP contribution in [0.4, 0.5) is 0 Å². The highest BCUT2D eigenvalue weighted by Crippen LogP contribution is 2.24. The van der Waals surface area contributed by atoms with Gasteiger partial charge in [-0.2, -0.15) is 0 Å². The highest BCUT2D eigenvalue weighted by Gasteiger charge is 2.22. The first kappa shape index (κ1) is 11.0. The summed E-state index contributed by atoms with van der Waals surface area (Å²) in [5, 5.41) is 9.74. The third kappa shape index (κ3) is 4.41. The summed E-state index contributed by atoms with van der Waals surface area (Å²) in [4.78, 5) is 0. The van der Waals surface area contributed by atoms with Gasteiger partial charge in [0.1, 0.15) is 0 Å². The molecule has 0 amide bonds.